The number of aliphatic hydroxyl groups is 1. The Morgan fingerprint density at radius 3 is 2.94 bits per heavy atom. The Bertz CT molecular complexity index is 380. The van der Waals surface area contributed by atoms with E-state index in [4.69, 9.17) is 14.6 Å². The van der Waals surface area contributed by atoms with Crippen LogP contribution < -0.4 is 0 Å². The van der Waals surface area contributed by atoms with Crippen molar-refractivity contribution in [1.29, 1.82) is 0 Å². The highest BCUT2D eigenvalue weighted by molar-refractivity contribution is 7.12. The zero-order valence-corrected chi connectivity index (χ0v) is 10.0. The summed E-state index contributed by atoms with van der Waals surface area (Å²) in [6.07, 6.45) is 3.97. The number of rotatable bonds is 2. The van der Waals surface area contributed by atoms with Gasteiger partial charge in [0.1, 0.15) is 0 Å². The number of ether oxygens (including phenoxy) is 2. The van der Waals surface area contributed by atoms with Crippen LogP contribution in [0, 0.1) is 0 Å². The lowest BCUT2D eigenvalue weighted by molar-refractivity contribution is -0.175. The number of fused-ring (bicyclic) bond motifs is 2. The molecule has 1 aliphatic heterocycles. The zero-order chi connectivity index (χ0) is 11.0. The van der Waals surface area contributed by atoms with Crippen LogP contribution in [-0.2, 0) is 28.1 Å². The first kappa shape index (κ1) is 10.7. The zero-order valence-electron chi connectivity index (χ0n) is 9.20. The molecule has 0 aromatic carbocycles. The van der Waals surface area contributed by atoms with Crippen LogP contribution in [0.3, 0.4) is 0 Å². The fourth-order valence-corrected chi connectivity index (χ4v) is 3.85. The second kappa shape index (κ2) is 4.11. The van der Waals surface area contributed by atoms with Gasteiger partial charge >= 0.3 is 0 Å². The first-order valence-corrected chi connectivity index (χ1v) is 6.66. The second-order valence-electron chi connectivity index (χ2n) is 4.33. The Morgan fingerprint density at radius 2 is 2.19 bits per heavy atom. The summed E-state index contributed by atoms with van der Waals surface area (Å²) in [6, 6.07) is 2.17. The van der Waals surface area contributed by atoms with Crippen LogP contribution in [0.5, 0.6) is 0 Å². The molecule has 3 nitrogen and oxygen atoms in total. The summed E-state index contributed by atoms with van der Waals surface area (Å²) < 4.78 is 11.6. The summed E-state index contributed by atoms with van der Waals surface area (Å²) in [6.45, 7) is 1.61. The highest BCUT2D eigenvalue weighted by Gasteiger charge is 2.43. The molecule has 1 N–H and O–H groups in total. The standard InChI is InChI=1S/C12H16O3S/c13-5-3-9-8-10-11(16-9)2-1-4-12(10)14-6-7-15-12/h8,13H,1-7H2. The SMILES string of the molecule is OCCc1cc2c(s1)CCCC21OCCO1. The highest BCUT2D eigenvalue weighted by Crippen LogP contribution is 2.45. The van der Waals surface area contributed by atoms with Crippen LogP contribution in [0.15, 0.2) is 6.07 Å². The van der Waals surface area contributed by atoms with E-state index in [-0.39, 0.29) is 6.61 Å². The molecule has 1 aromatic heterocycles. The van der Waals surface area contributed by atoms with Gasteiger partial charge in [-0.05, 0) is 18.9 Å². The Kier molecular flexibility index (Phi) is 2.75. The van der Waals surface area contributed by atoms with Gasteiger partial charge in [0.25, 0.3) is 0 Å². The van der Waals surface area contributed by atoms with E-state index < -0.39 is 5.79 Å². The lowest BCUT2D eigenvalue weighted by Crippen LogP contribution is -2.30. The monoisotopic (exact) mass is 240 g/mol. The van der Waals surface area contributed by atoms with Crippen molar-refractivity contribution in [3.8, 4) is 0 Å². The molecule has 4 heteroatoms. The van der Waals surface area contributed by atoms with Gasteiger partial charge in [-0.15, -0.1) is 11.3 Å². The van der Waals surface area contributed by atoms with Crippen molar-refractivity contribution in [3.63, 3.8) is 0 Å². The molecule has 0 bridgehead atoms. The molecular weight excluding hydrogens is 224 g/mol. The quantitative estimate of drug-likeness (QED) is 0.857. The van der Waals surface area contributed by atoms with E-state index in [1.807, 2.05) is 0 Å². The lowest BCUT2D eigenvalue weighted by atomic mass is 9.92. The smallest absolute Gasteiger partial charge is 0.196 e. The average Bonchev–Trinajstić information content (AvgIpc) is 2.87. The minimum Gasteiger partial charge on any atom is -0.396 e. The second-order valence-corrected chi connectivity index (χ2v) is 5.55. The third-order valence-electron chi connectivity index (χ3n) is 3.29. The summed E-state index contributed by atoms with van der Waals surface area (Å²) in [4.78, 5) is 2.63. The van der Waals surface area contributed by atoms with Gasteiger partial charge in [0.2, 0.25) is 0 Å². The predicted molar refractivity (Wildman–Crippen MR) is 61.6 cm³/mol. The Morgan fingerprint density at radius 1 is 1.38 bits per heavy atom. The Labute approximate surface area is 99.0 Å². The average molecular weight is 240 g/mol. The van der Waals surface area contributed by atoms with Crippen LogP contribution >= 0.6 is 11.3 Å². The van der Waals surface area contributed by atoms with Crippen molar-refractivity contribution >= 4 is 11.3 Å². The molecule has 1 saturated heterocycles. The minimum absolute atomic E-state index is 0.216. The normalized spacial score (nSPS) is 22.6. The molecule has 1 aliphatic carbocycles. The van der Waals surface area contributed by atoms with Crippen LogP contribution in [0.1, 0.15) is 28.2 Å². The summed E-state index contributed by atoms with van der Waals surface area (Å²) in [7, 11) is 0. The van der Waals surface area contributed by atoms with E-state index in [2.05, 4.69) is 6.07 Å². The summed E-state index contributed by atoms with van der Waals surface area (Å²) in [5.74, 6) is -0.447. The predicted octanol–water partition coefficient (Wildman–Crippen LogP) is 1.82. The highest BCUT2D eigenvalue weighted by atomic mass is 32.1. The fraction of sp³-hybridized carbons (Fsp3) is 0.667. The van der Waals surface area contributed by atoms with Crippen molar-refractivity contribution in [3.05, 3.63) is 21.4 Å². The molecule has 1 aromatic rings. The molecule has 2 heterocycles. The fourth-order valence-electron chi connectivity index (χ4n) is 2.60. The molecule has 1 fully saturated rings. The molecule has 0 unspecified atom stereocenters. The molecule has 1 spiro atoms. The summed E-state index contributed by atoms with van der Waals surface area (Å²) in [5, 5.41) is 8.98. The molecule has 2 aliphatic rings. The van der Waals surface area contributed by atoms with E-state index in [0.29, 0.717) is 13.2 Å². The van der Waals surface area contributed by atoms with E-state index in [1.165, 1.54) is 15.3 Å². The number of hydrogen-bond donors (Lipinski definition) is 1. The largest absolute Gasteiger partial charge is 0.396 e. The van der Waals surface area contributed by atoms with Gasteiger partial charge in [0, 0.05) is 34.8 Å². The number of aryl methyl sites for hydroxylation is 1. The molecule has 0 radical (unpaired) electrons. The van der Waals surface area contributed by atoms with Gasteiger partial charge in [-0.25, -0.2) is 0 Å². The van der Waals surface area contributed by atoms with Crippen LogP contribution in [-0.4, -0.2) is 24.9 Å². The van der Waals surface area contributed by atoms with E-state index >= 15 is 0 Å². The molecule has 0 atom stereocenters. The molecule has 0 amide bonds. The van der Waals surface area contributed by atoms with Crippen molar-refractivity contribution < 1.29 is 14.6 Å². The Balaban J connectivity index is 1.97. The molecular formula is C12H16O3S. The summed E-state index contributed by atoms with van der Waals surface area (Å²) >= 11 is 1.80. The summed E-state index contributed by atoms with van der Waals surface area (Å²) in [5.41, 5.74) is 1.23. The van der Waals surface area contributed by atoms with Crippen LogP contribution in [0.25, 0.3) is 0 Å². The van der Waals surface area contributed by atoms with Crippen molar-refractivity contribution in [2.24, 2.45) is 0 Å². The number of hydrogen-bond acceptors (Lipinski definition) is 4. The Hall–Kier alpha value is -0.420. The van der Waals surface area contributed by atoms with Gasteiger partial charge < -0.3 is 14.6 Å². The van der Waals surface area contributed by atoms with Gasteiger partial charge in [-0.2, -0.15) is 0 Å². The maximum atomic E-state index is 8.98. The van der Waals surface area contributed by atoms with Gasteiger partial charge in [0.05, 0.1) is 13.2 Å². The third kappa shape index (κ3) is 1.61. The van der Waals surface area contributed by atoms with E-state index in [0.717, 1.165) is 25.7 Å². The number of aliphatic hydroxyl groups excluding tert-OH is 1. The molecule has 0 saturated carbocycles. The molecule has 16 heavy (non-hydrogen) atoms. The maximum Gasteiger partial charge on any atom is 0.196 e. The van der Waals surface area contributed by atoms with Gasteiger partial charge in [-0.3, -0.25) is 0 Å². The van der Waals surface area contributed by atoms with Gasteiger partial charge in [0.15, 0.2) is 5.79 Å². The maximum absolute atomic E-state index is 8.98. The van der Waals surface area contributed by atoms with Crippen LogP contribution in [0.4, 0.5) is 0 Å². The molecule has 3 rings (SSSR count). The molecule has 88 valence electrons. The van der Waals surface area contributed by atoms with Crippen molar-refractivity contribution in [2.45, 2.75) is 31.5 Å². The minimum atomic E-state index is -0.447. The van der Waals surface area contributed by atoms with Crippen molar-refractivity contribution in [1.82, 2.24) is 0 Å². The first-order valence-electron chi connectivity index (χ1n) is 5.85. The van der Waals surface area contributed by atoms with E-state index in [1.54, 1.807) is 11.3 Å². The topological polar surface area (TPSA) is 38.7 Å². The lowest BCUT2D eigenvalue weighted by Gasteiger charge is -2.31. The number of thiophene rings is 1. The van der Waals surface area contributed by atoms with Crippen molar-refractivity contribution in [2.75, 3.05) is 19.8 Å². The van der Waals surface area contributed by atoms with E-state index in [9.17, 15) is 0 Å². The first-order chi connectivity index (χ1) is 7.84. The van der Waals surface area contributed by atoms with Crippen LogP contribution in [0.2, 0.25) is 0 Å². The third-order valence-corrected chi connectivity index (χ3v) is 4.55. The van der Waals surface area contributed by atoms with Gasteiger partial charge in [-0.1, -0.05) is 0 Å².